The summed E-state index contributed by atoms with van der Waals surface area (Å²) >= 11 is 0. The average Bonchev–Trinajstić information content (AvgIpc) is 2.45. The quantitative estimate of drug-likeness (QED) is 0.794. The highest BCUT2D eigenvalue weighted by Gasteiger charge is 2.24. The van der Waals surface area contributed by atoms with E-state index in [1.54, 1.807) is 23.8 Å². The molecule has 0 fully saturated rings. The lowest BCUT2D eigenvalue weighted by Gasteiger charge is -2.27. The molecule has 1 N–H and O–H groups in total. The van der Waals surface area contributed by atoms with E-state index in [9.17, 15) is 9.59 Å². The van der Waals surface area contributed by atoms with E-state index in [0.717, 1.165) is 5.56 Å². The first-order valence-electron chi connectivity index (χ1n) is 7.24. The predicted molar refractivity (Wildman–Crippen MR) is 81.9 cm³/mol. The van der Waals surface area contributed by atoms with Gasteiger partial charge in [0, 0.05) is 13.1 Å². The van der Waals surface area contributed by atoms with Crippen molar-refractivity contribution in [2.45, 2.75) is 32.9 Å². The third kappa shape index (κ3) is 5.19. The summed E-state index contributed by atoms with van der Waals surface area (Å²) in [5, 5.41) is 9.12. The molecule has 0 aliphatic heterocycles. The highest BCUT2D eigenvalue weighted by molar-refractivity contribution is 5.80. The first-order valence-corrected chi connectivity index (χ1v) is 7.24. The molecule has 21 heavy (non-hydrogen) atoms. The van der Waals surface area contributed by atoms with Gasteiger partial charge in [-0.15, -0.1) is 0 Å². The SMILES string of the molecule is CCC(C(=O)O)N(C)CC(=O)N(CC)Cc1ccccc1. The molecule has 5 nitrogen and oxygen atoms in total. The van der Waals surface area contributed by atoms with Crippen LogP contribution in [0, 0.1) is 0 Å². The number of carbonyl (C=O) groups is 2. The van der Waals surface area contributed by atoms with Crippen molar-refractivity contribution >= 4 is 11.9 Å². The van der Waals surface area contributed by atoms with Crippen LogP contribution in [0.4, 0.5) is 0 Å². The fourth-order valence-electron chi connectivity index (χ4n) is 2.28. The van der Waals surface area contributed by atoms with E-state index < -0.39 is 12.0 Å². The number of hydrogen-bond acceptors (Lipinski definition) is 3. The number of carbonyl (C=O) groups excluding carboxylic acids is 1. The van der Waals surface area contributed by atoms with Gasteiger partial charge in [0.05, 0.1) is 6.54 Å². The summed E-state index contributed by atoms with van der Waals surface area (Å²) in [7, 11) is 1.68. The van der Waals surface area contributed by atoms with Crippen LogP contribution in [-0.4, -0.2) is 53.0 Å². The first kappa shape index (κ1) is 17.2. The number of carboxylic acid groups (broad SMARTS) is 1. The normalized spacial score (nSPS) is 12.2. The minimum Gasteiger partial charge on any atom is -0.480 e. The van der Waals surface area contributed by atoms with Gasteiger partial charge < -0.3 is 10.0 Å². The Labute approximate surface area is 126 Å². The van der Waals surface area contributed by atoms with Crippen LogP contribution >= 0.6 is 0 Å². The van der Waals surface area contributed by atoms with Gasteiger partial charge in [-0.05, 0) is 26.0 Å². The van der Waals surface area contributed by atoms with Crippen molar-refractivity contribution in [1.29, 1.82) is 0 Å². The molecule has 0 aliphatic rings. The molecular formula is C16H24N2O3. The van der Waals surface area contributed by atoms with Gasteiger partial charge in [0.1, 0.15) is 6.04 Å². The number of rotatable bonds is 8. The largest absolute Gasteiger partial charge is 0.480 e. The summed E-state index contributed by atoms with van der Waals surface area (Å²) in [5.41, 5.74) is 1.07. The maximum atomic E-state index is 12.3. The van der Waals surface area contributed by atoms with Crippen LogP contribution in [0.15, 0.2) is 30.3 Å². The zero-order chi connectivity index (χ0) is 15.8. The summed E-state index contributed by atoms with van der Waals surface area (Å²) in [6.45, 7) is 5.00. The fourth-order valence-corrected chi connectivity index (χ4v) is 2.28. The first-order chi connectivity index (χ1) is 9.99. The summed E-state index contributed by atoms with van der Waals surface area (Å²) in [4.78, 5) is 26.8. The fraction of sp³-hybridized carbons (Fsp3) is 0.500. The maximum absolute atomic E-state index is 12.3. The number of carboxylic acids is 1. The van der Waals surface area contributed by atoms with E-state index >= 15 is 0 Å². The minimum atomic E-state index is -0.890. The summed E-state index contributed by atoms with van der Waals surface area (Å²) in [6.07, 6.45) is 0.476. The monoisotopic (exact) mass is 292 g/mol. The molecule has 0 aromatic heterocycles. The van der Waals surface area contributed by atoms with Gasteiger partial charge in [-0.1, -0.05) is 37.3 Å². The van der Waals surface area contributed by atoms with Gasteiger partial charge in [-0.25, -0.2) is 0 Å². The van der Waals surface area contributed by atoms with E-state index in [1.807, 2.05) is 37.3 Å². The molecule has 0 aliphatic carbocycles. The van der Waals surface area contributed by atoms with Crippen molar-refractivity contribution in [3.8, 4) is 0 Å². The lowest BCUT2D eigenvalue weighted by Crippen LogP contribution is -2.45. The summed E-state index contributed by atoms with van der Waals surface area (Å²) < 4.78 is 0. The zero-order valence-electron chi connectivity index (χ0n) is 13.0. The smallest absolute Gasteiger partial charge is 0.320 e. The van der Waals surface area contributed by atoms with Crippen molar-refractivity contribution < 1.29 is 14.7 Å². The second-order valence-electron chi connectivity index (χ2n) is 5.07. The zero-order valence-corrected chi connectivity index (χ0v) is 13.0. The molecule has 0 heterocycles. The molecule has 0 saturated heterocycles. The molecule has 1 aromatic rings. The summed E-state index contributed by atoms with van der Waals surface area (Å²) in [6, 6.07) is 9.16. The van der Waals surface area contributed by atoms with Gasteiger partial charge >= 0.3 is 5.97 Å². The van der Waals surface area contributed by atoms with Crippen molar-refractivity contribution in [3.63, 3.8) is 0 Å². The lowest BCUT2D eigenvalue weighted by atomic mass is 10.2. The topological polar surface area (TPSA) is 60.9 Å². The summed E-state index contributed by atoms with van der Waals surface area (Å²) in [5.74, 6) is -0.942. The third-order valence-electron chi connectivity index (χ3n) is 3.54. The molecular weight excluding hydrogens is 268 g/mol. The van der Waals surface area contributed by atoms with Crippen LogP contribution in [0.3, 0.4) is 0 Å². The molecule has 1 rings (SSSR count). The van der Waals surface area contributed by atoms with Crippen molar-refractivity contribution in [2.75, 3.05) is 20.1 Å². The van der Waals surface area contributed by atoms with Crippen LogP contribution < -0.4 is 0 Å². The lowest BCUT2D eigenvalue weighted by molar-refractivity contribution is -0.144. The Balaban J connectivity index is 2.65. The van der Waals surface area contributed by atoms with E-state index in [-0.39, 0.29) is 12.5 Å². The molecule has 116 valence electrons. The maximum Gasteiger partial charge on any atom is 0.320 e. The van der Waals surface area contributed by atoms with Crippen molar-refractivity contribution in [3.05, 3.63) is 35.9 Å². The average molecular weight is 292 g/mol. The van der Waals surface area contributed by atoms with E-state index in [0.29, 0.717) is 19.5 Å². The molecule has 5 heteroatoms. The standard InChI is InChI=1S/C16H24N2O3/c1-4-14(16(20)21)17(3)12-15(19)18(5-2)11-13-9-7-6-8-10-13/h6-10,14H,4-5,11-12H2,1-3H3,(H,20,21). The van der Waals surface area contributed by atoms with E-state index in [4.69, 9.17) is 5.11 Å². The second-order valence-corrected chi connectivity index (χ2v) is 5.07. The molecule has 0 saturated carbocycles. The molecule has 0 radical (unpaired) electrons. The van der Waals surface area contributed by atoms with Crippen molar-refractivity contribution in [2.24, 2.45) is 0 Å². The molecule has 0 bridgehead atoms. The van der Waals surface area contributed by atoms with E-state index in [1.165, 1.54) is 0 Å². The Morgan fingerprint density at radius 2 is 1.81 bits per heavy atom. The molecule has 1 aromatic carbocycles. The number of nitrogens with zero attached hydrogens (tertiary/aromatic N) is 2. The number of benzene rings is 1. The van der Waals surface area contributed by atoms with Gasteiger partial charge in [-0.2, -0.15) is 0 Å². The Bertz CT molecular complexity index is 462. The van der Waals surface area contributed by atoms with Gasteiger partial charge in [0.15, 0.2) is 0 Å². The van der Waals surface area contributed by atoms with Crippen LogP contribution in [0.5, 0.6) is 0 Å². The molecule has 1 amide bonds. The van der Waals surface area contributed by atoms with Crippen LogP contribution in [0.2, 0.25) is 0 Å². The number of aliphatic carboxylic acids is 1. The van der Waals surface area contributed by atoms with Crippen LogP contribution in [0.1, 0.15) is 25.8 Å². The number of amides is 1. The van der Waals surface area contributed by atoms with Crippen LogP contribution in [-0.2, 0) is 16.1 Å². The number of hydrogen-bond donors (Lipinski definition) is 1. The predicted octanol–water partition coefficient (Wildman–Crippen LogP) is 1.83. The molecule has 0 spiro atoms. The van der Waals surface area contributed by atoms with Crippen molar-refractivity contribution in [1.82, 2.24) is 9.80 Å². The van der Waals surface area contributed by atoms with Gasteiger partial charge in [0.25, 0.3) is 0 Å². The van der Waals surface area contributed by atoms with E-state index in [2.05, 4.69) is 0 Å². The molecule has 1 atom stereocenters. The Morgan fingerprint density at radius 1 is 1.19 bits per heavy atom. The van der Waals surface area contributed by atoms with Gasteiger partial charge in [-0.3, -0.25) is 14.5 Å². The minimum absolute atomic E-state index is 0.0523. The third-order valence-corrected chi connectivity index (χ3v) is 3.54. The Morgan fingerprint density at radius 3 is 2.29 bits per heavy atom. The van der Waals surface area contributed by atoms with Gasteiger partial charge in [0.2, 0.25) is 5.91 Å². The van der Waals surface area contributed by atoms with Crippen LogP contribution in [0.25, 0.3) is 0 Å². The highest BCUT2D eigenvalue weighted by Crippen LogP contribution is 2.07. The Kier molecular flexibility index (Phi) is 6.88. The second kappa shape index (κ2) is 8.42. The number of likely N-dealkylation sites (N-methyl/N-ethyl adjacent to an activating group) is 2. The molecule has 1 unspecified atom stereocenters. The highest BCUT2D eigenvalue weighted by atomic mass is 16.4. The Hall–Kier alpha value is -1.88.